The number of carbonyl (C=O) groups is 2. The van der Waals surface area contributed by atoms with E-state index >= 15 is 0 Å². The number of alkyl halides is 3. The van der Waals surface area contributed by atoms with Crippen molar-refractivity contribution in [1.29, 1.82) is 0 Å². The molecule has 0 bridgehead atoms. The lowest BCUT2D eigenvalue weighted by atomic mass is 10.2. The smallest absolute Gasteiger partial charge is 0.332 e. The first-order valence-electron chi connectivity index (χ1n) is 23.1. The normalized spacial score (nSPS) is 11.5. The zero-order valence-electron chi connectivity index (χ0n) is 40.1. The van der Waals surface area contributed by atoms with Crippen molar-refractivity contribution in [3.8, 4) is 22.8 Å². The molecule has 24 heteroatoms. The zero-order chi connectivity index (χ0) is 52.0. The van der Waals surface area contributed by atoms with E-state index in [0.29, 0.717) is 79.6 Å². The number of carbonyl (C=O) groups excluding carboxylic acids is 2. The highest BCUT2D eigenvalue weighted by molar-refractivity contribution is 6.06. The van der Waals surface area contributed by atoms with Gasteiger partial charge in [0.2, 0.25) is 5.95 Å². The number of fused-ring (bicyclic) bond motifs is 2. The van der Waals surface area contributed by atoms with Crippen molar-refractivity contribution in [3.05, 3.63) is 138 Å². The maximum absolute atomic E-state index is 13.0. The molecule has 0 unspecified atom stereocenters. The minimum Gasteiger partial charge on any atom is -0.332 e. The van der Waals surface area contributed by atoms with Gasteiger partial charge in [-0.15, -0.1) is 0 Å². The Morgan fingerprint density at radius 3 is 1.43 bits per heavy atom. The van der Waals surface area contributed by atoms with E-state index in [0.717, 1.165) is 30.6 Å². The van der Waals surface area contributed by atoms with Crippen molar-refractivity contribution >= 4 is 45.8 Å². The maximum atomic E-state index is 13.0. The number of hydrogen-bond donors (Lipinski definition) is 2. The minimum absolute atomic E-state index is 0.0136. The maximum Gasteiger partial charge on any atom is 0.433 e. The van der Waals surface area contributed by atoms with Crippen LogP contribution < -0.4 is 32.3 Å². The van der Waals surface area contributed by atoms with Gasteiger partial charge < -0.3 is 9.97 Å². The molecule has 2 amide bonds. The van der Waals surface area contributed by atoms with Gasteiger partial charge in [0.25, 0.3) is 22.9 Å². The Balaban J connectivity index is 0.000000213. The lowest BCUT2D eigenvalue weighted by molar-refractivity contribution is -0.141. The van der Waals surface area contributed by atoms with Crippen LogP contribution in [0.15, 0.2) is 92.5 Å². The van der Waals surface area contributed by atoms with Crippen LogP contribution in [0, 0.1) is 5.95 Å². The highest BCUT2D eigenvalue weighted by atomic mass is 19.4. The molecule has 72 heavy (non-hydrogen) atoms. The Hall–Kier alpha value is -8.44. The first-order valence-corrected chi connectivity index (χ1v) is 23.1. The summed E-state index contributed by atoms with van der Waals surface area (Å²) >= 11 is 0. The standard InChI is InChI=1S/C25H26F3N7O3.C23H24FN7O3/c1-4-11-34-21-19(23(37)35(12-5-2)24(34)38)31-20(32-21)15-8-10-18(30-13-15)33(6-3)22(36)16-7-9-17(29-14-16)25(26,27)28;1-4-10-30-20-18(22(33)31(11-5-2)23(30)34)27-19(28-20)14-7-9-17(26-12-14)29(3)21(32)15-6-8-16(24)25-13-15/h7-10,13-14H,4-6,11-12H2,1-3H3,(H,31,32);6-9,12-13H,4-5,10-11H2,1-3H3,(H,27,28). The number of H-pyrrole nitrogens is 2. The van der Waals surface area contributed by atoms with E-state index in [4.69, 9.17) is 0 Å². The predicted molar refractivity (Wildman–Crippen MR) is 260 cm³/mol. The predicted octanol–water partition coefficient (Wildman–Crippen LogP) is 6.43. The third-order valence-electron chi connectivity index (χ3n) is 11.3. The fourth-order valence-corrected chi connectivity index (χ4v) is 7.76. The molecule has 0 atom stereocenters. The number of hydrogen-bond acceptors (Lipinski definition) is 12. The highest BCUT2D eigenvalue weighted by Crippen LogP contribution is 2.28. The first-order chi connectivity index (χ1) is 34.4. The molecule has 0 fully saturated rings. The van der Waals surface area contributed by atoms with Gasteiger partial charge in [-0.2, -0.15) is 17.6 Å². The van der Waals surface area contributed by atoms with E-state index in [9.17, 15) is 46.3 Å². The van der Waals surface area contributed by atoms with Crippen LogP contribution in [-0.4, -0.2) is 83.5 Å². The van der Waals surface area contributed by atoms with Gasteiger partial charge in [-0.1, -0.05) is 27.7 Å². The molecule has 8 aromatic rings. The molecule has 0 saturated carbocycles. The van der Waals surface area contributed by atoms with Crippen molar-refractivity contribution in [3.63, 3.8) is 0 Å². The first kappa shape index (κ1) is 51.4. The van der Waals surface area contributed by atoms with Crippen LogP contribution in [0.2, 0.25) is 0 Å². The zero-order valence-corrected chi connectivity index (χ0v) is 40.1. The average molecular weight is 995 g/mol. The van der Waals surface area contributed by atoms with Crippen molar-refractivity contribution in [2.45, 2.75) is 92.7 Å². The van der Waals surface area contributed by atoms with Crippen molar-refractivity contribution in [2.75, 3.05) is 23.4 Å². The number of pyridine rings is 4. The fraction of sp³-hybridized carbons (Fsp3) is 0.333. The third-order valence-corrected chi connectivity index (χ3v) is 11.3. The van der Waals surface area contributed by atoms with Gasteiger partial charge >= 0.3 is 17.6 Å². The molecule has 0 aliphatic rings. The number of aromatic amines is 2. The Bertz CT molecular complexity index is 3490. The summed E-state index contributed by atoms with van der Waals surface area (Å²) in [5, 5.41) is 0. The number of aromatic nitrogens is 12. The Labute approximate surface area is 406 Å². The quantitative estimate of drug-likeness (QED) is 0.0835. The average Bonchev–Trinajstić information content (AvgIpc) is 4.04. The van der Waals surface area contributed by atoms with Gasteiger partial charge in [0.05, 0.1) is 11.1 Å². The molecule has 8 rings (SSSR count). The Morgan fingerprint density at radius 1 is 0.569 bits per heavy atom. The Morgan fingerprint density at radius 2 is 1.03 bits per heavy atom. The lowest BCUT2D eigenvalue weighted by Gasteiger charge is -2.20. The molecule has 376 valence electrons. The minimum atomic E-state index is -4.60. The molecule has 8 aromatic heterocycles. The number of amides is 2. The van der Waals surface area contributed by atoms with E-state index in [1.165, 1.54) is 46.5 Å². The molecule has 2 N–H and O–H groups in total. The van der Waals surface area contributed by atoms with Gasteiger partial charge in [-0.05, 0) is 81.1 Å². The number of nitrogens with zero attached hydrogens (tertiary/aromatic N) is 12. The number of rotatable bonds is 15. The fourth-order valence-electron chi connectivity index (χ4n) is 7.76. The molecule has 0 spiro atoms. The number of imidazole rings is 2. The van der Waals surface area contributed by atoms with Crippen LogP contribution in [-0.2, 0) is 32.4 Å². The van der Waals surface area contributed by atoms with Gasteiger partial charge in [0.15, 0.2) is 11.3 Å². The summed E-state index contributed by atoms with van der Waals surface area (Å²) in [6, 6.07) is 10.8. The van der Waals surface area contributed by atoms with E-state index in [1.807, 2.05) is 27.7 Å². The molecule has 20 nitrogen and oxygen atoms in total. The molecule has 0 radical (unpaired) electrons. The second kappa shape index (κ2) is 21.7. The number of nitrogens with one attached hydrogen (secondary N) is 2. The van der Waals surface area contributed by atoms with Crippen LogP contribution in [0.1, 0.15) is 86.7 Å². The van der Waals surface area contributed by atoms with Crippen molar-refractivity contribution in [1.82, 2.24) is 58.1 Å². The molecule has 8 heterocycles. The number of halogens is 4. The summed E-state index contributed by atoms with van der Waals surface area (Å²) in [6.45, 7) is 11.0. The molecule has 0 aliphatic carbocycles. The van der Waals surface area contributed by atoms with Crippen LogP contribution in [0.3, 0.4) is 0 Å². The second-order valence-electron chi connectivity index (χ2n) is 16.4. The number of aryl methyl sites for hydroxylation is 2. The van der Waals surface area contributed by atoms with E-state index in [1.54, 1.807) is 38.2 Å². The summed E-state index contributed by atoms with van der Waals surface area (Å²) in [4.78, 5) is 110. The molecular formula is C48H50F4N14O6. The molecule has 0 saturated heterocycles. The van der Waals surface area contributed by atoms with Gasteiger partial charge in [0, 0.05) is 75.7 Å². The van der Waals surface area contributed by atoms with Crippen molar-refractivity contribution in [2.24, 2.45) is 0 Å². The summed E-state index contributed by atoms with van der Waals surface area (Å²) in [7, 11) is 1.55. The van der Waals surface area contributed by atoms with E-state index in [-0.39, 0.29) is 52.4 Å². The van der Waals surface area contributed by atoms with Crippen LogP contribution in [0.4, 0.5) is 29.2 Å². The summed E-state index contributed by atoms with van der Waals surface area (Å²) in [5.74, 6) is -0.266. The summed E-state index contributed by atoms with van der Waals surface area (Å²) in [5.41, 5.74) is -0.374. The lowest BCUT2D eigenvalue weighted by Crippen LogP contribution is -2.40. The van der Waals surface area contributed by atoms with Crippen LogP contribution >= 0.6 is 0 Å². The van der Waals surface area contributed by atoms with Gasteiger partial charge in [-0.3, -0.25) is 52.2 Å². The molecular weight excluding hydrogens is 945 g/mol. The van der Waals surface area contributed by atoms with Crippen molar-refractivity contribution < 1.29 is 27.2 Å². The largest absolute Gasteiger partial charge is 0.433 e. The summed E-state index contributed by atoms with van der Waals surface area (Å²) < 4.78 is 56.9. The topological polar surface area (TPSA) is 238 Å². The van der Waals surface area contributed by atoms with Crippen LogP contribution in [0.25, 0.3) is 45.1 Å². The monoisotopic (exact) mass is 994 g/mol. The highest BCUT2D eigenvalue weighted by Gasteiger charge is 2.33. The number of anilines is 2. The van der Waals surface area contributed by atoms with E-state index in [2.05, 4.69) is 39.9 Å². The second-order valence-corrected chi connectivity index (χ2v) is 16.4. The van der Waals surface area contributed by atoms with Gasteiger partial charge in [-0.25, -0.2) is 34.5 Å². The third kappa shape index (κ3) is 10.4. The summed E-state index contributed by atoms with van der Waals surface area (Å²) in [6.07, 6.45) is 3.08. The van der Waals surface area contributed by atoms with E-state index < -0.39 is 46.4 Å². The molecule has 0 aliphatic heterocycles. The van der Waals surface area contributed by atoms with Crippen LogP contribution in [0.5, 0.6) is 0 Å². The molecule has 0 aromatic carbocycles. The SMILES string of the molecule is CCCn1c(=O)c2[nH]c(-c3ccc(N(C)C(=O)c4ccc(F)nc4)nc3)nc2n(CCC)c1=O.CCCn1c(=O)c2[nH]c(-c3ccc(N(CC)C(=O)c4ccc(C(F)(F)F)nc4)nc3)nc2n(CCC)c1=O. The Kier molecular flexibility index (Phi) is 15.5. The van der Waals surface area contributed by atoms with Gasteiger partial charge in [0.1, 0.15) is 40.0 Å².